The normalized spacial score (nSPS) is 10.9. The molecule has 2 aromatic carbocycles. The van der Waals surface area contributed by atoms with Gasteiger partial charge in [-0.3, -0.25) is 9.59 Å². The van der Waals surface area contributed by atoms with E-state index in [1.54, 1.807) is 13.2 Å². The monoisotopic (exact) mass is 480 g/mol. The molecule has 4 rings (SSSR count). The van der Waals surface area contributed by atoms with Crippen molar-refractivity contribution in [1.29, 1.82) is 0 Å². The number of methoxy groups -OCH3 is 1. The van der Waals surface area contributed by atoms with E-state index in [1.807, 2.05) is 41.9 Å². The number of carbonyl (C=O) groups is 2. The molecule has 176 valence electrons. The molecule has 0 fully saturated rings. The van der Waals surface area contributed by atoms with Crippen LogP contribution in [0, 0.1) is 5.82 Å². The highest BCUT2D eigenvalue weighted by atomic mass is 32.1. The third-order valence-corrected chi connectivity index (χ3v) is 6.46. The first-order valence-electron chi connectivity index (χ1n) is 11.0. The Morgan fingerprint density at radius 2 is 1.76 bits per heavy atom. The Bertz CT molecular complexity index is 1310. The van der Waals surface area contributed by atoms with Crippen LogP contribution >= 0.6 is 11.3 Å². The van der Waals surface area contributed by atoms with E-state index in [2.05, 4.69) is 10.6 Å². The van der Waals surface area contributed by atoms with E-state index in [9.17, 15) is 14.0 Å². The zero-order valence-electron chi connectivity index (χ0n) is 18.9. The molecule has 0 radical (unpaired) electrons. The molecule has 0 spiro atoms. The molecule has 2 N–H and O–H groups in total. The van der Waals surface area contributed by atoms with Crippen LogP contribution < -0.4 is 15.4 Å². The topological polar surface area (TPSA) is 85.2 Å². The molecule has 4 aromatic rings. The Morgan fingerprint density at radius 3 is 2.44 bits per heavy atom. The quantitative estimate of drug-likeness (QED) is 0.349. The van der Waals surface area contributed by atoms with Gasteiger partial charge in [-0.05, 0) is 55.3 Å². The van der Waals surface area contributed by atoms with E-state index in [1.165, 1.54) is 29.5 Å². The fraction of sp³-hybridized carbons (Fsp3) is 0.240. The minimum atomic E-state index is -0.558. The van der Waals surface area contributed by atoms with Crippen molar-refractivity contribution >= 4 is 33.4 Å². The maximum Gasteiger partial charge on any atom is 0.261 e. The molecule has 0 aliphatic heterocycles. The van der Waals surface area contributed by atoms with Crippen LogP contribution in [-0.2, 0) is 6.42 Å². The summed E-state index contributed by atoms with van der Waals surface area (Å²) in [4.78, 5) is 26.3. The minimum absolute atomic E-state index is 0.00874. The Hall–Kier alpha value is -3.72. The van der Waals surface area contributed by atoms with E-state index in [4.69, 9.17) is 9.84 Å². The number of rotatable bonds is 9. The van der Waals surface area contributed by atoms with E-state index in [0.717, 1.165) is 33.8 Å². The number of thiophene rings is 1. The number of nitrogens with one attached hydrogen (secondary N) is 2. The highest BCUT2D eigenvalue weighted by molar-refractivity contribution is 7.20. The zero-order chi connectivity index (χ0) is 24.1. The number of ether oxygens (including phenoxy) is 1. The van der Waals surface area contributed by atoms with E-state index in [0.29, 0.717) is 24.4 Å². The lowest BCUT2D eigenvalue weighted by atomic mass is 10.2. The van der Waals surface area contributed by atoms with Crippen molar-refractivity contribution in [2.24, 2.45) is 0 Å². The molecule has 34 heavy (non-hydrogen) atoms. The van der Waals surface area contributed by atoms with Gasteiger partial charge in [-0.25, -0.2) is 9.07 Å². The molecule has 0 unspecified atom stereocenters. The number of aromatic nitrogens is 2. The standard InChI is InChI=1S/C25H25FN4O3S/c1-3-21-19-15-22(34-25(19)30(29-21)16-9-11-17(33-2)12-10-16)24(32)28-14-6-13-27-23(31)18-7-4-5-8-20(18)26/h4-5,7-12,15H,3,6,13-14H2,1-2H3,(H,27,31)(H,28,32). The molecule has 0 saturated carbocycles. The number of carbonyl (C=O) groups excluding carboxylic acids is 2. The number of nitrogens with zero attached hydrogens (tertiary/aromatic N) is 2. The van der Waals surface area contributed by atoms with Crippen LogP contribution in [0.15, 0.2) is 54.6 Å². The lowest BCUT2D eigenvalue weighted by Gasteiger charge is -2.07. The Balaban J connectivity index is 1.37. The van der Waals surface area contributed by atoms with Gasteiger partial charge < -0.3 is 15.4 Å². The Kier molecular flexibility index (Phi) is 7.22. The number of hydrogen-bond donors (Lipinski definition) is 2. The predicted octanol–water partition coefficient (Wildman–Crippen LogP) is 4.35. The van der Waals surface area contributed by atoms with Gasteiger partial charge >= 0.3 is 0 Å². The molecular formula is C25H25FN4O3S. The second-order valence-electron chi connectivity index (χ2n) is 7.58. The molecule has 0 saturated heterocycles. The lowest BCUT2D eigenvalue weighted by Crippen LogP contribution is -2.30. The van der Waals surface area contributed by atoms with E-state index < -0.39 is 11.7 Å². The summed E-state index contributed by atoms with van der Waals surface area (Å²) in [5.74, 6) is -0.439. The number of aryl methyl sites for hydroxylation is 1. The molecule has 0 aliphatic rings. The summed E-state index contributed by atoms with van der Waals surface area (Å²) in [6, 6.07) is 15.3. The van der Waals surface area contributed by atoms with E-state index >= 15 is 0 Å². The van der Waals surface area contributed by atoms with Gasteiger partial charge in [-0.15, -0.1) is 11.3 Å². The second-order valence-corrected chi connectivity index (χ2v) is 8.62. The number of amides is 2. The summed E-state index contributed by atoms with van der Waals surface area (Å²) in [7, 11) is 1.62. The first kappa shape index (κ1) is 23.4. The minimum Gasteiger partial charge on any atom is -0.497 e. The number of halogens is 1. The van der Waals surface area contributed by atoms with Gasteiger partial charge in [0.1, 0.15) is 16.4 Å². The fourth-order valence-electron chi connectivity index (χ4n) is 3.56. The van der Waals surface area contributed by atoms with Crippen molar-refractivity contribution in [3.05, 3.63) is 76.5 Å². The van der Waals surface area contributed by atoms with Crippen molar-refractivity contribution in [1.82, 2.24) is 20.4 Å². The van der Waals surface area contributed by atoms with Crippen LogP contribution in [0.25, 0.3) is 15.9 Å². The van der Waals surface area contributed by atoms with Crippen LogP contribution in [-0.4, -0.2) is 41.8 Å². The molecule has 0 aliphatic carbocycles. The zero-order valence-corrected chi connectivity index (χ0v) is 19.7. The largest absolute Gasteiger partial charge is 0.497 e. The van der Waals surface area contributed by atoms with Gasteiger partial charge in [-0.2, -0.15) is 5.10 Å². The Morgan fingerprint density at radius 1 is 1.06 bits per heavy atom. The summed E-state index contributed by atoms with van der Waals surface area (Å²) in [5.41, 5.74) is 1.83. The van der Waals surface area contributed by atoms with Crippen molar-refractivity contribution < 1.29 is 18.7 Å². The van der Waals surface area contributed by atoms with Gasteiger partial charge in [0.15, 0.2) is 0 Å². The molecule has 2 heterocycles. The van der Waals surface area contributed by atoms with Crippen LogP contribution in [0.4, 0.5) is 4.39 Å². The number of benzene rings is 2. The highest BCUT2D eigenvalue weighted by Crippen LogP contribution is 2.31. The number of fused-ring (bicyclic) bond motifs is 1. The van der Waals surface area contributed by atoms with Crippen molar-refractivity contribution in [2.45, 2.75) is 19.8 Å². The summed E-state index contributed by atoms with van der Waals surface area (Å²) >= 11 is 1.39. The molecule has 0 atom stereocenters. The molecule has 2 amide bonds. The van der Waals surface area contributed by atoms with Crippen LogP contribution in [0.1, 0.15) is 39.1 Å². The third-order valence-electron chi connectivity index (χ3n) is 5.36. The molecule has 7 nitrogen and oxygen atoms in total. The van der Waals surface area contributed by atoms with Crippen LogP contribution in [0.2, 0.25) is 0 Å². The first-order chi connectivity index (χ1) is 16.5. The molecule has 0 bridgehead atoms. The van der Waals surface area contributed by atoms with Gasteiger partial charge in [-0.1, -0.05) is 19.1 Å². The van der Waals surface area contributed by atoms with Gasteiger partial charge in [0.2, 0.25) is 0 Å². The third kappa shape index (κ3) is 4.94. The lowest BCUT2D eigenvalue weighted by molar-refractivity contribution is 0.0949. The summed E-state index contributed by atoms with van der Waals surface area (Å²) < 4.78 is 20.8. The summed E-state index contributed by atoms with van der Waals surface area (Å²) in [6.45, 7) is 2.75. The average Bonchev–Trinajstić information content (AvgIpc) is 3.43. The van der Waals surface area contributed by atoms with Gasteiger partial charge in [0.05, 0.1) is 28.9 Å². The maximum absolute atomic E-state index is 13.7. The van der Waals surface area contributed by atoms with Crippen molar-refractivity contribution in [3.8, 4) is 11.4 Å². The summed E-state index contributed by atoms with van der Waals surface area (Å²) in [6.07, 6.45) is 1.27. The van der Waals surface area contributed by atoms with Crippen molar-refractivity contribution in [2.75, 3.05) is 20.2 Å². The second kappa shape index (κ2) is 10.5. The predicted molar refractivity (Wildman–Crippen MR) is 131 cm³/mol. The summed E-state index contributed by atoms with van der Waals surface area (Å²) in [5, 5.41) is 11.2. The highest BCUT2D eigenvalue weighted by Gasteiger charge is 2.18. The average molecular weight is 481 g/mol. The SMILES string of the molecule is CCc1nn(-c2ccc(OC)cc2)c2sc(C(=O)NCCCNC(=O)c3ccccc3F)cc12. The van der Waals surface area contributed by atoms with Gasteiger partial charge in [0, 0.05) is 18.5 Å². The van der Waals surface area contributed by atoms with Crippen molar-refractivity contribution in [3.63, 3.8) is 0 Å². The number of hydrogen-bond acceptors (Lipinski definition) is 5. The van der Waals surface area contributed by atoms with E-state index in [-0.39, 0.29) is 11.5 Å². The van der Waals surface area contributed by atoms with Crippen LogP contribution in [0.5, 0.6) is 5.75 Å². The van der Waals surface area contributed by atoms with Gasteiger partial charge in [0.25, 0.3) is 11.8 Å². The fourth-order valence-corrected chi connectivity index (χ4v) is 4.63. The Labute approximate surface area is 200 Å². The molecule has 9 heteroatoms. The first-order valence-corrected chi connectivity index (χ1v) is 11.8. The van der Waals surface area contributed by atoms with Crippen LogP contribution in [0.3, 0.4) is 0 Å². The molecule has 2 aromatic heterocycles. The smallest absolute Gasteiger partial charge is 0.261 e. The maximum atomic E-state index is 13.7. The molecular weight excluding hydrogens is 455 g/mol.